The number of carbonyl (C=O) groups excluding carboxylic acids is 2. The summed E-state index contributed by atoms with van der Waals surface area (Å²) >= 11 is 0. The van der Waals surface area contributed by atoms with E-state index in [4.69, 9.17) is 13.9 Å². The van der Waals surface area contributed by atoms with Crippen molar-refractivity contribution in [3.63, 3.8) is 0 Å². The van der Waals surface area contributed by atoms with Gasteiger partial charge in [-0.2, -0.15) is 0 Å². The van der Waals surface area contributed by atoms with Crippen LogP contribution in [0.3, 0.4) is 0 Å². The number of nitrogens with one attached hydrogen (secondary N) is 2. The predicted octanol–water partition coefficient (Wildman–Crippen LogP) is 3.73. The topological polar surface area (TPSA) is 89.8 Å². The fourth-order valence-electron chi connectivity index (χ4n) is 4.91. The Balaban J connectivity index is 1.42. The zero-order chi connectivity index (χ0) is 21.1. The average molecular weight is 415 g/mol. The van der Waals surface area contributed by atoms with Crippen LogP contribution in [0.1, 0.15) is 49.6 Å². The van der Waals surface area contributed by atoms with Crippen molar-refractivity contribution >= 4 is 28.5 Å². The molecule has 7 nitrogen and oxygen atoms in total. The minimum atomic E-state index is -0.486. The molecule has 2 aromatic rings. The van der Waals surface area contributed by atoms with E-state index in [9.17, 15) is 9.59 Å². The summed E-state index contributed by atoms with van der Waals surface area (Å²) in [6, 6.07) is 6.86. The van der Waals surface area contributed by atoms with Crippen LogP contribution in [0.4, 0.5) is 5.69 Å². The molecule has 2 N–H and O–H groups in total. The molecule has 2 aliphatic rings. The van der Waals surface area contributed by atoms with Gasteiger partial charge in [0.25, 0.3) is 0 Å². The molecule has 0 radical (unpaired) electrons. The van der Waals surface area contributed by atoms with Gasteiger partial charge in [0.1, 0.15) is 5.58 Å². The van der Waals surface area contributed by atoms with Gasteiger partial charge in [0.15, 0.2) is 0 Å². The lowest BCUT2D eigenvalue weighted by molar-refractivity contribution is -0.119. The molecule has 1 amide bonds. The van der Waals surface area contributed by atoms with E-state index in [0.29, 0.717) is 35.8 Å². The van der Waals surface area contributed by atoms with Crippen LogP contribution in [0.15, 0.2) is 28.7 Å². The van der Waals surface area contributed by atoms with Gasteiger partial charge < -0.3 is 24.5 Å². The number of rotatable bonds is 6. The molecule has 30 heavy (non-hydrogen) atoms. The summed E-state index contributed by atoms with van der Waals surface area (Å²) in [7, 11) is 1.78. The van der Waals surface area contributed by atoms with Crippen molar-refractivity contribution < 1.29 is 23.5 Å². The van der Waals surface area contributed by atoms with E-state index in [-0.39, 0.29) is 17.7 Å². The Kier molecular flexibility index (Phi) is 6.39. The summed E-state index contributed by atoms with van der Waals surface area (Å²) in [6.07, 6.45) is 5.78. The van der Waals surface area contributed by atoms with Gasteiger partial charge in [0.2, 0.25) is 11.7 Å². The molecule has 162 valence electrons. The molecule has 0 bridgehead atoms. The maximum Gasteiger partial charge on any atom is 0.374 e. The lowest BCUT2D eigenvalue weighted by Gasteiger charge is -2.33. The van der Waals surface area contributed by atoms with E-state index < -0.39 is 5.97 Å². The lowest BCUT2D eigenvalue weighted by Crippen LogP contribution is -2.43. The first-order valence-corrected chi connectivity index (χ1v) is 10.9. The van der Waals surface area contributed by atoms with Crippen molar-refractivity contribution in [2.45, 2.75) is 51.2 Å². The number of hydrogen-bond donors (Lipinski definition) is 2. The Labute approximate surface area is 176 Å². The van der Waals surface area contributed by atoms with Crippen LogP contribution in [0.5, 0.6) is 0 Å². The lowest BCUT2D eigenvalue weighted by atomic mass is 9.75. The van der Waals surface area contributed by atoms with E-state index in [0.717, 1.165) is 44.0 Å². The van der Waals surface area contributed by atoms with E-state index in [1.54, 1.807) is 32.2 Å². The molecule has 1 aromatic carbocycles. The van der Waals surface area contributed by atoms with Crippen molar-refractivity contribution in [2.24, 2.45) is 11.8 Å². The smallest absolute Gasteiger partial charge is 0.374 e. The summed E-state index contributed by atoms with van der Waals surface area (Å²) < 4.78 is 16.0. The van der Waals surface area contributed by atoms with Gasteiger partial charge in [-0.15, -0.1) is 0 Å². The largest absolute Gasteiger partial charge is 0.460 e. The van der Waals surface area contributed by atoms with Crippen LogP contribution >= 0.6 is 0 Å². The molecule has 2 atom stereocenters. The molecular formula is C23H30N2O5. The van der Waals surface area contributed by atoms with Crippen LogP contribution in [0.25, 0.3) is 11.0 Å². The highest BCUT2D eigenvalue weighted by Gasteiger charge is 2.39. The fourth-order valence-corrected chi connectivity index (χ4v) is 4.91. The summed E-state index contributed by atoms with van der Waals surface area (Å²) in [5, 5.41) is 7.20. The molecule has 1 aromatic heterocycles. The zero-order valence-corrected chi connectivity index (χ0v) is 17.6. The molecular weight excluding hydrogens is 384 g/mol. The van der Waals surface area contributed by atoms with Crippen LogP contribution in [0, 0.1) is 11.8 Å². The number of methoxy groups -OCH3 is 1. The Hall–Kier alpha value is -2.38. The van der Waals surface area contributed by atoms with Crippen LogP contribution in [-0.4, -0.2) is 44.3 Å². The Morgan fingerprint density at radius 2 is 1.97 bits per heavy atom. The van der Waals surface area contributed by atoms with Crippen molar-refractivity contribution in [1.29, 1.82) is 0 Å². The highest BCUT2D eigenvalue weighted by Crippen LogP contribution is 2.37. The number of hydrogen-bond acceptors (Lipinski definition) is 6. The Morgan fingerprint density at radius 3 is 2.70 bits per heavy atom. The standard InChI is InChI=1S/C23H30N2O5/c1-3-29-23(27)20-13-15-12-16(6-9-19(15)30-20)25-22(26)21-18(10-11-24-21)14-4-7-17(28-2)8-5-14/h6,9,12-14,17-18,21,24H,3-5,7-8,10-11H2,1-2H3,(H,25,26)/t14?,17?,18?,21-/m0/s1. The fraction of sp³-hybridized carbons (Fsp3) is 0.565. The van der Waals surface area contributed by atoms with Gasteiger partial charge >= 0.3 is 5.97 Å². The van der Waals surface area contributed by atoms with Crippen LogP contribution in [0.2, 0.25) is 0 Å². The number of carbonyl (C=O) groups is 2. The number of benzene rings is 1. The van der Waals surface area contributed by atoms with E-state index in [2.05, 4.69) is 10.6 Å². The highest BCUT2D eigenvalue weighted by atomic mass is 16.5. The normalized spacial score (nSPS) is 26.6. The van der Waals surface area contributed by atoms with Crippen molar-refractivity contribution in [1.82, 2.24) is 5.32 Å². The maximum absolute atomic E-state index is 13.0. The van der Waals surface area contributed by atoms with Crippen LogP contribution < -0.4 is 10.6 Å². The van der Waals surface area contributed by atoms with Gasteiger partial charge in [-0.3, -0.25) is 4.79 Å². The number of esters is 1. The molecule has 1 unspecified atom stereocenters. The molecule has 2 heterocycles. The number of furan rings is 1. The van der Waals surface area contributed by atoms with E-state index in [1.807, 2.05) is 6.07 Å². The third-order valence-electron chi connectivity index (χ3n) is 6.47. The second-order valence-electron chi connectivity index (χ2n) is 8.23. The number of ether oxygens (including phenoxy) is 2. The SMILES string of the molecule is CCOC(=O)c1cc2cc(NC(=O)[C@H]3NCCC3C3CCC(OC)CC3)ccc2o1. The minimum Gasteiger partial charge on any atom is -0.460 e. The monoisotopic (exact) mass is 414 g/mol. The van der Waals surface area contributed by atoms with Crippen molar-refractivity contribution in [2.75, 3.05) is 25.6 Å². The summed E-state index contributed by atoms with van der Waals surface area (Å²) in [6.45, 7) is 2.91. The summed E-state index contributed by atoms with van der Waals surface area (Å²) in [5.74, 6) is 0.598. The first-order chi connectivity index (χ1) is 14.6. The molecule has 1 saturated heterocycles. The number of fused-ring (bicyclic) bond motifs is 1. The summed E-state index contributed by atoms with van der Waals surface area (Å²) in [4.78, 5) is 24.9. The van der Waals surface area contributed by atoms with Gasteiger partial charge in [-0.25, -0.2) is 4.79 Å². The molecule has 2 fully saturated rings. The molecule has 1 saturated carbocycles. The molecule has 0 spiro atoms. The number of amides is 1. The van der Waals surface area contributed by atoms with Gasteiger partial charge in [-0.1, -0.05) is 0 Å². The first kappa shape index (κ1) is 20.9. The predicted molar refractivity (Wildman–Crippen MR) is 113 cm³/mol. The Bertz CT molecular complexity index is 900. The maximum atomic E-state index is 13.0. The first-order valence-electron chi connectivity index (χ1n) is 10.9. The molecule has 1 aliphatic heterocycles. The van der Waals surface area contributed by atoms with Crippen LogP contribution in [-0.2, 0) is 14.3 Å². The van der Waals surface area contributed by atoms with Gasteiger partial charge in [0.05, 0.1) is 18.8 Å². The minimum absolute atomic E-state index is 0.000161. The van der Waals surface area contributed by atoms with E-state index in [1.165, 1.54) is 0 Å². The Morgan fingerprint density at radius 1 is 1.17 bits per heavy atom. The van der Waals surface area contributed by atoms with Gasteiger partial charge in [0, 0.05) is 18.2 Å². The third-order valence-corrected chi connectivity index (χ3v) is 6.47. The van der Waals surface area contributed by atoms with E-state index >= 15 is 0 Å². The van der Waals surface area contributed by atoms with Crippen molar-refractivity contribution in [3.8, 4) is 0 Å². The zero-order valence-electron chi connectivity index (χ0n) is 17.6. The summed E-state index contributed by atoms with van der Waals surface area (Å²) in [5.41, 5.74) is 1.28. The van der Waals surface area contributed by atoms with Gasteiger partial charge in [-0.05, 0) is 81.7 Å². The molecule has 4 rings (SSSR count). The third kappa shape index (κ3) is 4.37. The molecule has 1 aliphatic carbocycles. The second kappa shape index (κ2) is 9.18. The average Bonchev–Trinajstić information content (AvgIpc) is 3.41. The molecule has 7 heteroatoms. The number of anilines is 1. The quantitative estimate of drug-likeness (QED) is 0.700. The highest BCUT2D eigenvalue weighted by molar-refractivity contribution is 5.98. The second-order valence-corrected chi connectivity index (χ2v) is 8.23. The van der Waals surface area contributed by atoms with Crippen molar-refractivity contribution in [3.05, 3.63) is 30.0 Å².